The van der Waals surface area contributed by atoms with Crippen molar-refractivity contribution < 1.29 is 0 Å². The van der Waals surface area contributed by atoms with Crippen LogP contribution in [0.1, 0.15) is 30.9 Å². The fraction of sp³-hybridized carbons (Fsp3) is 0.500. The summed E-state index contributed by atoms with van der Waals surface area (Å²) in [7, 11) is 2.15. The second kappa shape index (κ2) is 4.17. The molecular weight excluding hydrogens is 196 g/mol. The molecule has 1 aromatic carbocycles. The van der Waals surface area contributed by atoms with Crippen LogP contribution >= 0.6 is 0 Å². The van der Waals surface area contributed by atoms with Crippen molar-refractivity contribution in [2.75, 3.05) is 11.9 Å². The first kappa shape index (κ1) is 11.0. The summed E-state index contributed by atoms with van der Waals surface area (Å²) in [6, 6.07) is 8.71. The Kier molecular flexibility index (Phi) is 2.87. The molecule has 84 valence electrons. The highest BCUT2D eigenvalue weighted by atomic mass is 15.1. The number of nitriles is 1. The largest absolute Gasteiger partial charge is 0.371 e. The third-order valence-electron chi connectivity index (χ3n) is 3.62. The summed E-state index contributed by atoms with van der Waals surface area (Å²) in [6.07, 6.45) is 2.72. The van der Waals surface area contributed by atoms with Crippen molar-refractivity contribution in [1.82, 2.24) is 0 Å². The second-order valence-electron chi connectivity index (χ2n) is 4.80. The molecule has 1 saturated carbocycles. The maximum absolute atomic E-state index is 8.84. The van der Waals surface area contributed by atoms with E-state index in [1.807, 2.05) is 12.1 Å². The average Bonchev–Trinajstić information content (AvgIpc) is 3.10. The number of rotatable bonds is 3. The highest BCUT2D eigenvalue weighted by molar-refractivity contribution is 5.56. The summed E-state index contributed by atoms with van der Waals surface area (Å²) in [4.78, 5) is 2.34. The van der Waals surface area contributed by atoms with Crippen LogP contribution in [0.4, 0.5) is 5.69 Å². The zero-order valence-electron chi connectivity index (χ0n) is 10.2. The molecule has 0 aromatic heterocycles. The summed E-state index contributed by atoms with van der Waals surface area (Å²) >= 11 is 0. The van der Waals surface area contributed by atoms with Crippen LogP contribution in [0, 0.1) is 24.2 Å². The zero-order chi connectivity index (χ0) is 11.7. The normalized spacial score (nSPS) is 16.6. The van der Waals surface area contributed by atoms with Crippen LogP contribution < -0.4 is 4.90 Å². The Morgan fingerprint density at radius 1 is 1.44 bits per heavy atom. The molecule has 2 nitrogen and oxygen atoms in total. The van der Waals surface area contributed by atoms with Crippen molar-refractivity contribution in [3.8, 4) is 6.07 Å². The Balaban J connectivity index is 2.22. The Hall–Kier alpha value is -1.49. The molecular formula is C14H18N2. The standard InChI is InChI=1S/C14H18N2/c1-10-8-12(9-15)4-7-14(10)16(3)11(2)13-5-6-13/h4,7-8,11,13H,5-6H2,1-3H3. The van der Waals surface area contributed by atoms with Crippen molar-refractivity contribution in [2.45, 2.75) is 32.7 Å². The van der Waals surface area contributed by atoms with Crippen LogP contribution in [0.5, 0.6) is 0 Å². The van der Waals surface area contributed by atoms with Crippen LogP contribution in [-0.4, -0.2) is 13.1 Å². The lowest BCUT2D eigenvalue weighted by Crippen LogP contribution is -2.31. The zero-order valence-corrected chi connectivity index (χ0v) is 10.2. The number of hydrogen-bond acceptors (Lipinski definition) is 2. The van der Waals surface area contributed by atoms with Gasteiger partial charge >= 0.3 is 0 Å². The lowest BCUT2D eigenvalue weighted by Gasteiger charge is -2.28. The first-order chi connectivity index (χ1) is 7.63. The highest BCUT2D eigenvalue weighted by Gasteiger charge is 2.30. The molecule has 0 radical (unpaired) electrons. The van der Waals surface area contributed by atoms with E-state index in [1.165, 1.54) is 24.1 Å². The third kappa shape index (κ3) is 2.04. The highest BCUT2D eigenvalue weighted by Crippen LogP contribution is 2.36. The molecule has 0 spiro atoms. The van der Waals surface area contributed by atoms with Crippen LogP contribution in [0.25, 0.3) is 0 Å². The molecule has 0 heterocycles. The van der Waals surface area contributed by atoms with Gasteiger partial charge in [0.05, 0.1) is 11.6 Å². The van der Waals surface area contributed by atoms with Gasteiger partial charge in [-0.1, -0.05) is 0 Å². The summed E-state index contributed by atoms with van der Waals surface area (Å²) in [5, 5.41) is 8.84. The quantitative estimate of drug-likeness (QED) is 0.773. The molecule has 16 heavy (non-hydrogen) atoms. The molecule has 1 aromatic rings. The van der Waals surface area contributed by atoms with E-state index in [0.29, 0.717) is 6.04 Å². The van der Waals surface area contributed by atoms with Gasteiger partial charge in [0.25, 0.3) is 0 Å². The molecule has 0 saturated heterocycles. The monoisotopic (exact) mass is 214 g/mol. The molecule has 0 aliphatic heterocycles. The molecule has 0 bridgehead atoms. The van der Waals surface area contributed by atoms with E-state index < -0.39 is 0 Å². The Morgan fingerprint density at radius 2 is 2.12 bits per heavy atom. The van der Waals surface area contributed by atoms with E-state index in [0.717, 1.165) is 11.5 Å². The number of anilines is 1. The molecule has 1 aliphatic rings. The third-order valence-corrected chi connectivity index (χ3v) is 3.62. The first-order valence-corrected chi connectivity index (χ1v) is 5.87. The topological polar surface area (TPSA) is 27.0 Å². The minimum Gasteiger partial charge on any atom is -0.371 e. The Morgan fingerprint density at radius 3 is 2.62 bits per heavy atom. The van der Waals surface area contributed by atoms with Crippen molar-refractivity contribution in [1.29, 1.82) is 5.26 Å². The van der Waals surface area contributed by atoms with E-state index >= 15 is 0 Å². The predicted molar refractivity (Wildman–Crippen MR) is 66.5 cm³/mol. The van der Waals surface area contributed by atoms with E-state index in [2.05, 4.69) is 37.9 Å². The first-order valence-electron chi connectivity index (χ1n) is 5.87. The van der Waals surface area contributed by atoms with Gasteiger partial charge in [0.2, 0.25) is 0 Å². The van der Waals surface area contributed by atoms with Crippen molar-refractivity contribution in [3.63, 3.8) is 0 Å². The number of hydrogen-bond donors (Lipinski definition) is 0. The number of aryl methyl sites for hydroxylation is 1. The SMILES string of the molecule is Cc1cc(C#N)ccc1N(C)C(C)C1CC1. The van der Waals surface area contributed by atoms with E-state index in [9.17, 15) is 0 Å². The minimum absolute atomic E-state index is 0.603. The van der Waals surface area contributed by atoms with E-state index in [4.69, 9.17) is 5.26 Å². The van der Waals surface area contributed by atoms with Crippen molar-refractivity contribution in [3.05, 3.63) is 29.3 Å². The maximum atomic E-state index is 8.84. The Bertz CT molecular complexity index is 427. The smallest absolute Gasteiger partial charge is 0.0991 e. The molecule has 1 atom stereocenters. The number of benzene rings is 1. The van der Waals surface area contributed by atoms with Gasteiger partial charge in [0, 0.05) is 18.8 Å². The number of nitrogens with zero attached hydrogens (tertiary/aromatic N) is 2. The minimum atomic E-state index is 0.603. The van der Waals surface area contributed by atoms with Gasteiger partial charge in [-0.25, -0.2) is 0 Å². The van der Waals surface area contributed by atoms with Crippen LogP contribution in [0.15, 0.2) is 18.2 Å². The molecule has 2 heteroatoms. The molecule has 2 rings (SSSR count). The molecule has 1 aliphatic carbocycles. The van der Waals surface area contributed by atoms with E-state index in [1.54, 1.807) is 0 Å². The van der Waals surface area contributed by atoms with Gasteiger partial charge in [0.15, 0.2) is 0 Å². The summed E-state index contributed by atoms with van der Waals surface area (Å²) in [5.74, 6) is 0.861. The van der Waals surface area contributed by atoms with Gasteiger partial charge in [-0.05, 0) is 56.4 Å². The van der Waals surface area contributed by atoms with Crippen LogP contribution in [0.3, 0.4) is 0 Å². The van der Waals surface area contributed by atoms with Gasteiger partial charge < -0.3 is 4.90 Å². The van der Waals surface area contributed by atoms with E-state index in [-0.39, 0.29) is 0 Å². The summed E-state index contributed by atoms with van der Waals surface area (Å²) in [5.41, 5.74) is 3.18. The summed E-state index contributed by atoms with van der Waals surface area (Å²) < 4.78 is 0. The van der Waals surface area contributed by atoms with Crippen LogP contribution in [0.2, 0.25) is 0 Å². The molecule has 0 N–H and O–H groups in total. The maximum Gasteiger partial charge on any atom is 0.0991 e. The fourth-order valence-corrected chi connectivity index (χ4v) is 2.23. The lowest BCUT2D eigenvalue weighted by atomic mass is 10.1. The average molecular weight is 214 g/mol. The van der Waals surface area contributed by atoms with Gasteiger partial charge in [-0.3, -0.25) is 0 Å². The summed E-state index contributed by atoms with van der Waals surface area (Å²) in [6.45, 7) is 4.36. The predicted octanol–water partition coefficient (Wildman–Crippen LogP) is 3.10. The molecule has 1 fully saturated rings. The van der Waals surface area contributed by atoms with Crippen LogP contribution in [-0.2, 0) is 0 Å². The van der Waals surface area contributed by atoms with Crippen molar-refractivity contribution >= 4 is 5.69 Å². The van der Waals surface area contributed by atoms with Crippen molar-refractivity contribution in [2.24, 2.45) is 5.92 Å². The molecule has 0 amide bonds. The Labute approximate surface area is 97.5 Å². The van der Waals surface area contributed by atoms with Gasteiger partial charge in [-0.15, -0.1) is 0 Å². The fourth-order valence-electron chi connectivity index (χ4n) is 2.23. The van der Waals surface area contributed by atoms with Gasteiger partial charge in [-0.2, -0.15) is 5.26 Å². The van der Waals surface area contributed by atoms with Gasteiger partial charge in [0.1, 0.15) is 0 Å². The molecule has 1 unspecified atom stereocenters. The second-order valence-corrected chi connectivity index (χ2v) is 4.80. The lowest BCUT2D eigenvalue weighted by molar-refractivity contribution is 0.608.